The number of amides is 1. The Labute approximate surface area is 176 Å². The van der Waals surface area contributed by atoms with Crippen LogP contribution in [-0.2, 0) is 0 Å². The molecule has 2 aromatic carbocycles. The van der Waals surface area contributed by atoms with Crippen LogP contribution in [0.3, 0.4) is 0 Å². The Hall–Kier alpha value is -4.60. The second kappa shape index (κ2) is 8.41. The lowest BCUT2D eigenvalue weighted by Crippen LogP contribution is -2.13. The van der Waals surface area contributed by atoms with E-state index < -0.39 is 10.8 Å². The molecule has 2 heterocycles. The summed E-state index contributed by atoms with van der Waals surface area (Å²) in [6, 6.07) is 14.0. The van der Waals surface area contributed by atoms with Crippen LogP contribution in [0.4, 0.5) is 11.4 Å². The number of nitro benzene ring substituents is 1. The molecule has 0 fully saturated rings. The molecule has 31 heavy (non-hydrogen) atoms. The standard InChI is InChI=1S/C21H16N6O4/c1-14-22-10-11-26(14)19-12-20(24-13-23-19)31-16-8-6-15(7-9-16)25-21(28)17-4-2-3-5-18(17)27(29)30/h2-13H,1H3,(H,25,28). The van der Waals surface area contributed by atoms with Crippen molar-refractivity contribution in [2.75, 3.05) is 5.32 Å². The summed E-state index contributed by atoms with van der Waals surface area (Å²) in [5.74, 6) is 1.67. The van der Waals surface area contributed by atoms with E-state index in [0.717, 1.165) is 5.82 Å². The van der Waals surface area contributed by atoms with Gasteiger partial charge >= 0.3 is 0 Å². The number of carbonyl (C=O) groups is 1. The third-order valence-electron chi connectivity index (χ3n) is 4.38. The molecule has 0 aliphatic rings. The maximum Gasteiger partial charge on any atom is 0.282 e. The minimum Gasteiger partial charge on any atom is -0.439 e. The molecule has 2 aromatic heterocycles. The zero-order chi connectivity index (χ0) is 21.8. The average Bonchev–Trinajstić information content (AvgIpc) is 3.21. The zero-order valence-electron chi connectivity index (χ0n) is 16.3. The Bertz CT molecular complexity index is 1250. The molecular weight excluding hydrogens is 400 g/mol. The number of nitrogens with one attached hydrogen (secondary N) is 1. The van der Waals surface area contributed by atoms with Gasteiger partial charge in [-0.25, -0.2) is 15.0 Å². The van der Waals surface area contributed by atoms with E-state index in [1.807, 2.05) is 6.92 Å². The van der Waals surface area contributed by atoms with Gasteiger partial charge in [0.2, 0.25) is 5.88 Å². The normalized spacial score (nSPS) is 10.5. The summed E-state index contributed by atoms with van der Waals surface area (Å²) in [7, 11) is 0. The van der Waals surface area contributed by atoms with Crippen LogP contribution in [0, 0.1) is 17.0 Å². The van der Waals surface area contributed by atoms with E-state index in [1.165, 1.54) is 24.5 Å². The van der Waals surface area contributed by atoms with Gasteiger partial charge in [0.1, 0.15) is 29.3 Å². The van der Waals surface area contributed by atoms with E-state index in [1.54, 1.807) is 53.4 Å². The highest BCUT2D eigenvalue weighted by molar-refractivity contribution is 6.07. The van der Waals surface area contributed by atoms with Gasteiger partial charge in [-0.2, -0.15) is 0 Å². The van der Waals surface area contributed by atoms with Crippen LogP contribution in [0.25, 0.3) is 5.82 Å². The van der Waals surface area contributed by atoms with Crippen molar-refractivity contribution in [1.29, 1.82) is 0 Å². The van der Waals surface area contributed by atoms with Crippen molar-refractivity contribution in [3.8, 4) is 17.4 Å². The smallest absolute Gasteiger partial charge is 0.282 e. The van der Waals surface area contributed by atoms with Gasteiger partial charge in [-0.3, -0.25) is 19.5 Å². The summed E-state index contributed by atoms with van der Waals surface area (Å²) < 4.78 is 7.57. The maximum atomic E-state index is 12.4. The average molecular weight is 416 g/mol. The number of imidazole rings is 1. The first-order valence-electron chi connectivity index (χ1n) is 9.16. The topological polar surface area (TPSA) is 125 Å². The molecule has 0 radical (unpaired) electrons. The number of aryl methyl sites for hydroxylation is 1. The molecule has 0 atom stereocenters. The Morgan fingerprint density at radius 3 is 2.58 bits per heavy atom. The summed E-state index contributed by atoms with van der Waals surface area (Å²) in [4.78, 5) is 35.4. The Morgan fingerprint density at radius 2 is 1.87 bits per heavy atom. The van der Waals surface area contributed by atoms with E-state index in [4.69, 9.17) is 4.74 Å². The van der Waals surface area contributed by atoms with E-state index in [9.17, 15) is 14.9 Å². The van der Waals surface area contributed by atoms with Gasteiger partial charge in [-0.1, -0.05) is 12.1 Å². The molecule has 0 aliphatic carbocycles. The summed E-state index contributed by atoms with van der Waals surface area (Å²) in [5, 5.41) is 13.8. The highest BCUT2D eigenvalue weighted by atomic mass is 16.6. The molecule has 0 bridgehead atoms. The first-order valence-corrected chi connectivity index (χ1v) is 9.16. The molecule has 10 heteroatoms. The summed E-state index contributed by atoms with van der Waals surface area (Å²) >= 11 is 0. The van der Waals surface area contributed by atoms with Gasteiger partial charge in [0.15, 0.2) is 0 Å². The number of benzene rings is 2. The van der Waals surface area contributed by atoms with Crippen molar-refractivity contribution in [3.63, 3.8) is 0 Å². The Morgan fingerprint density at radius 1 is 1.10 bits per heavy atom. The molecule has 4 rings (SSSR count). The largest absolute Gasteiger partial charge is 0.439 e. The number of aromatic nitrogens is 4. The second-order valence-electron chi connectivity index (χ2n) is 6.41. The van der Waals surface area contributed by atoms with E-state index in [0.29, 0.717) is 23.1 Å². The quantitative estimate of drug-likeness (QED) is 0.373. The van der Waals surface area contributed by atoms with Gasteiger partial charge in [-0.15, -0.1) is 0 Å². The van der Waals surface area contributed by atoms with Crippen molar-refractivity contribution >= 4 is 17.3 Å². The number of nitro groups is 1. The van der Waals surface area contributed by atoms with E-state index >= 15 is 0 Å². The SMILES string of the molecule is Cc1nccn1-c1cc(Oc2ccc(NC(=O)c3ccccc3[N+](=O)[O-])cc2)ncn1. The fraction of sp³-hybridized carbons (Fsp3) is 0.0476. The number of para-hydroxylation sites is 1. The van der Waals surface area contributed by atoms with Crippen molar-refractivity contribution in [2.45, 2.75) is 6.92 Å². The molecule has 1 amide bonds. The van der Waals surface area contributed by atoms with Crippen LogP contribution in [0.15, 0.2) is 73.3 Å². The number of carbonyl (C=O) groups excluding carboxylic acids is 1. The van der Waals surface area contributed by atoms with Crippen molar-refractivity contribution < 1.29 is 14.5 Å². The van der Waals surface area contributed by atoms with Crippen LogP contribution in [0.5, 0.6) is 11.6 Å². The summed E-state index contributed by atoms with van der Waals surface area (Å²) in [6.45, 7) is 1.86. The molecule has 1 N–H and O–H groups in total. The first-order chi connectivity index (χ1) is 15.0. The molecule has 0 spiro atoms. The molecule has 0 aliphatic heterocycles. The number of anilines is 1. The van der Waals surface area contributed by atoms with Crippen LogP contribution in [0.1, 0.15) is 16.2 Å². The fourth-order valence-electron chi connectivity index (χ4n) is 2.89. The van der Waals surface area contributed by atoms with Crippen LogP contribution in [0.2, 0.25) is 0 Å². The lowest BCUT2D eigenvalue weighted by molar-refractivity contribution is -0.385. The number of rotatable bonds is 6. The molecule has 0 saturated carbocycles. The predicted octanol–water partition coefficient (Wildman–Crippen LogP) is 3.92. The molecule has 0 saturated heterocycles. The van der Waals surface area contributed by atoms with Crippen molar-refractivity contribution in [3.05, 3.63) is 94.8 Å². The minimum atomic E-state index is -0.590. The highest BCUT2D eigenvalue weighted by Crippen LogP contribution is 2.24. The van der Waals surface area contributed by atoms with Gasteiger partial charge < -0.3 is 10.1 Å². The van der Waals surface area contributed by atoms with Crippen molar-refractivity contribution in [1.82, 2.24) is 19.5 Å². The van der Waals surface area contributed by atoms with Gasteiger partial charge in [0, 0.05) is 30.2 Å². The number of hydrogen-bond acceptors (Lipinski definition) is 7. The second-order valence-corrected chi connectivity index (χ2v) is 6.41. The van der Waals surface area contributed by atoms with Crippen molar-refractivity contribution in [2.24, 2.45) is 0 Å². The Kier molecular flexibility index (Phi) is 5.35. The molecule has 154 valence electrons. The summed E-state index contributed by atoms with van der Waals surface area (Å²) in [5.41, 5.74) is 0.191. The monoisotopic (exact) mass is 416 g/mol. The van der Waals surface area contributed by atoms with Gasteiger partial charge in [0.05, 0.1) is 4.92 Å². The van der Waals surface area contributed by atoms with Crippen LogP contribution in [-0.4, -0.2) is 30.3 Å². The number of ether oxygens (including phenoxy) is 1. The molecule has 10 nitrogen and oxygen atoms in total. The molecule has 4 aromatic rings. The van der Waals surface area contributed by atoms with Gasteiger partial charge in [0.25, 0.3) is 11.6 Å². The third-order valence-corrected chi connectivity index (χ3v) is 4.38. The van der Waals surface area contributed by atoms with E-state index in [-0.39, 0.29) is 11.3 Å². The number of hydrogen-bond donors (Lipinski definition) is 1. The predicted molar refractivity (Wildman–Crippen MR) is 111 cm³/mol. The lowest BCUT2D eigenvalue weighted by Gasteiger charge is -2.09. The van der Waals surface area contributed by atoms with Gasteiger partial charge in [-0.05, 0) is 37.3 Å². The molecular formula is C21H16N6O4. The lowest BCUT2D eigenvalue weighted by atomic mass is 10.1. The summed E-state index contributed by atoms with van der Waals surface area (Å²) in [6.07, 6.45) is 4.86. The minimum absolute atomic E-state index is 0.0175. The molecule has 0 unspecified atom stereocenters. The maximum absolute atomic E-state index is 12.4. The zero-order valence-corrected chi connectivity index (χ0v) is 16.3. The van der Waals surface area contributed by atoms with Crippen LogP contribution >= 0.6 is 0 Å². The highest BCUT2D eigenvalue weighted by Gasteiger charge is 2.19. The number of nitrogens with zero attached hydrogens (tertiary/aromatic N) is 5. The fourth-order valence-corrected chi connectivity index (χ4v) is 2.89. The Balaban J connectivity index is 1.46. The van der Waals surface area contributed by atoms with Crippen LogP contribution < -0.4 is 10.1 Å². The first kappa shape index (κ1) is 19.7. The third kappa shape index (κ3) is 4.37. The van der Waals surface area contributed by atoms with E-state index in [2.05, 4.69) is 20.3 Å².